The van der Waals surface area contributed by atoms with E-state index in [0.29, 0.717) is 10.2 Å². The summed E-state index contributed by atoms with van der Waals surface area (Å²) in [7, 11) is 0. The van der Waals surface area contributed by atoms with Crippen LogP contribution in [0.5, 0.6) is 0 Å². The minimum atomic E-state index is -4.39. The number of aliphatic hydroxyl groups excluding tert-OH is 1. The summed E-state index contributed by atoms with van der Waals surface area (Å²) < 4.78 is 37.6. The lowest BCUT2D eigenvalue weighted by atomic mass is 10.3. The van der Waals surface area contributed by atoms with Gasteiger partial charge < -0.3 is 10.0 Å². The second-order valence-electron chi connectivity index (χ2n) is 3.72. The van der Waals surface area contributed by atoms with Gasteiger partial charge in [-0.2, -0.15) is 18.2 Å². The third-order valence-corrected chi connectivity index (χ3v) is 3.29. The molecule has 4 nitrogen and oxygen atoms in total. The molecule has 0 aliphatic heterocycles. The van der Waals surface area contributed by atoms with Crippen molar-refractivity contribution in [3.05, 3.63) is 16.7 Å². The zero-order chi connectivity index (χ0) is 14.0. The molecule has 0 radical (unpaired) electrons. The van der Waals surface area contributed by atoms with Crippen LogP contribution in [0.25, 0.3) is 10.2 Å². The number of hydrogen-bond acceptors (Lipinski definition) is 5. The Labute approximate surface area is 115 Å². The number of anilines is 1. The molecule has 104 valence electrons. The minimum absolute atomic E-state index is 0.0858. The molecule has 2 aromatic heterocycles. The van der Waals surface area contributed by atoms with Gasteiger partial charge in [0.1, 0.15) is 17.2 Å². The topological polar surface area (TPSA) is 49.2 Å². The summed E-state index contributed by atoms with van der Waals surface area (Å²) in [5.41, 5.74) is 0. The summed E-state index contributed by atoms with van der Waals surface area (Å²) in [6, 6.07) is 1.63. The Balaban J connectivity index is 2.45. The molecule has 0 atom stereocenters. The van der Waals surface area contributed by atoms with E-state index in [0.717, 1.165) is 4.90 Å². The van der Waals surface area contributed by atoms with E-state index < -0.39 is 19.3 Å². The normalized spacial score (nSPS) is 12.1. The highest BCUT2D eigenvalue weighted by Crippen LogP contribution is 2.30. The highest BCUT2D eigenvalue weighted by molar-refractivity contribution is 7.16. The number of thiophene rings is 1. The van der Waals surface area contributed by atoms with E-state index in [-0.39, 0.29) is 17.6 Å². The Kier molecular flexibility index (Phi) is 4.12. The van der Waals surface area contributed by atoms with Crippen molar-refractivity contribution in [3.8, 4) is 0 Å². The van der Waals surface area contributed by atoms with Crippen molar-refractivity contribution >= 4 is 39.0 Å². The summed E-state index contributed by atoms with van der Waals surface area (Å²) in [5, 5.41) is 11.0. The molecule has 0 aliphatic carbocycles. The molecule has 0 spiro atoms. The molecule has 9 heteroatoms. The van der Waals surface area contributed by atoms with Crippen LogP contribution in [-0.2, 0) is 0 Å². The van der Waals surface area contributed by atoms with Crippen LogP contribution in [0.4, 0.5) is 19.0 Å². The average molecular weight is 312 g/mol. The molecule has 19 heavy (non-hydrogen) atoms. The van der Waals surface area contributed by atoms with E-state index in [4.69, 9.17) is 16.7 Å². The Morgan fingerprint density at radius 2 is 2.11 bits per heavy atom. The van der Waals surface area contributed by atoms with E-state index in [1.807, 2.05) is 0 Å². The van der Waals surface area contributed by atoms with Gasteiger partial charge in [-0.15, -0.1) is 11.3 Å². The second kappa shape index (κ2) is 5.48. The molecule has 0 bridgehead atoms. The number of aromatic nitrogens is 2. The first-order valence-corrected chi connectivity index (χ1v) is 6.50. The smallest absolute Gasteiger partial charge is 0.395 e. The summed E-state index contributed by atoms with van der Waals surface area (Å²) >= 11 is 6.97. The number of aliphatic hydroxyl groups is 1. The molecule has 0 saturated heterocycles. The number of rotatable bonds is 4. The zero-order valence-electron chi connectivity index (χ0n) is 9.48. The fourth-order valence-electron chi connectivity index (χ4n) is 1.65. The number of halogens is 4. The van der Waals surface area contributed by atoms with Crippen LogP contribution in [0.2, 0.25) is 5.28 Å². The average Bonchev–Trinajstić information content (AvgIpc) is 2.73. The highest BCUT2D eigenvalue weighted by Gasteiger charge is 2.32. The van der Waals surface area contributed by atoms with Crippen LogP contribution >= 0.6 is 22.9 Å². The molecule has 2 aromatic rings. The van der Waals surface area contributed by atoms with Gasteiger partial charge in [0.15, 0.2) is 0 Å². The van der Waals surface area contributed by atoms with Crippen LogP contribution in [0.1, 0.15) is 0 Å². The van der Waals surface area contributed by atoms with Crippen molar-refractivity contribution in [3.63, 3.8) is 0 Å². The van der Waals surface area contributed by atoms with Gasteiger partial charge in [-0.05, 0) is 23.0 Å². The molecule has 0 aromatic carbocycles. The Morgan fingerprint density at radius 1 is 1.37 bits per heavy atom. The molecule has 0 unspecified atom stereocenters. The summed E-state index contributed by atoms with van der Waals surface area (Å²) in [6.45, 7) is -1.80. The van der Waals surface area contributed by atoms with Crippen LogP contribution in [-0.4, -0.2) is 40.9 Å². The minimum Gasteiger partial charge on any atom is -0.395 e. The predicted molar refractivity (Wildman–Crippen MR) is 67.8 cm³/mol. The highest BCUT2D eigenvalue weighted by atomic mass is 35.5. The van der Waals surface area contributed by atoms with Gasteiger partial charge in [0.2, 0.25) is 5.28 Å². The molecule has 0 aliphatic rings. The van der Waals surface area contributed by atoms with Gasteiger partial charge in [0.05, 0.1) is 12.0 Å². The maximum atomic E-state index is 12.5. The fraction of sp³-hybridized carbons (Fsp3) is 0.400. The molecule has 0 amide bonds. The molecule has 0 fully saturated rings. The quantitative estimate of drug-likeness (QED) is 0.882. The first kappa shape index (κ1) is 14.3. The summed E-state index contributed by atoms with van der Waals surface area (Å²) in [4.78, 5) is 9.25. The van der Waals surface area contributed by atoms with Crippen LogP contribution < -0.4 is 4.90 Å². The Morgan fingerprint density at radius 3 is 2.74 bits per heavy atom. The Bertz CT molecular complexity index is 575. The van der Waals surface area contributed by atoms with Gasteiger partial charge in [0, 0.05) is 6.54 Å². The van der Waals surface area contributed by atoms with E-state index in [9.17, 15) is 13.2 Å². The van der Waals surface area contributed by atoms with Crippen LogP contribution in [0, 0.1) is 0 Å². The largest absolute Gasteiger partial charge is 0.405 e. The molecular formula is C10H9ClF3N3OS. The summed E-state index contributed by atoms with van der Waals surface area (Å²) in [6.07, 6.45) is -4.39. The second-order valence-corrected chi connectivity index (χ2v) is 4.95. The number of alkyl halides is 3. The lowest BCUT2D eigenvalue weighted by Crippen LogP contribution is -2.37. The van der Waals surface area contributed by atoms with Crippen LogP contribution in [0.15, 0.2) is 11.4 Å². The van der Waals surface area contributed by atoms with E-state index in [1.165, 1.54) is 11.3 Å². The molecule has 2 rings (SSSR count). The van der Waals surface area contributed by atoms with Gasteiger partial charge >= 0.3 is 6.18 Å². The van der Waals surface area contributed by atoms with Gasteiger partial charge in [-0.3, -0.25) is 0 Å². The molecule has 0 saturated carbocycles. The van der Waals surface area contributed by atoms with Crippen molar-refractivity contribution < 1.29 is 18.3 Å². The Hall–Kier alpha value is -1.12. The lowest BCUT2D eigenvalue weighted by Gasteiger charge is -2.24. The number of nitrogens with zero attached hydrogens (tertiary/aromatic N) is 3. The fourth-order valence-corrected chi connectivity index (χ4v) is 2.63. The SMILES string of the molecule is OCCN(CC(F)(F)F)c1nc(Cl)nc2sccc12. The molecule has 2 heterocycles. The zero-order valence-corrected chi connectivity index (χ0v) is 11.1. The standard InChI is InChI=1S/C10H9ClF3N3OS/c11-9-15-7(6-1-4-19-8(6)16-9)17(2-3-18)5-10(12,13)14/h1,4,18H,2-3,5H2. The van der Waals surface area contributed by atoms with E-state index in [1.54, 1.807) is 11.4 Å². The van der Waals surface area contributed by atoms with E-state index >= 15 is 0 Å². The van der Waals surface area contributed by atoms with Crippen molar-refractivity contribution in [2.24, 2.45) is 0 Å². The van der Waals surface area contributed by atoms with Crippen molar-refractivity contribution in [1.82, 2.24) is 9.97 Å². The van der Waals surface area contributed by atoms with Crippen molar-refractivity contribution in [1.29, 1.82) is 0 Å². The van der Waals surface area contributed by atoms with Crippen molar-refractivity contribution in [2.45, 2.75) is 6.18 Å². The number of hydrogen-bond donors (Lipinski definition) is 1. The summed E-state index contributed by atoms with van der Waals surface area (Å²) in [5.74, 6) is 0.0858. The predicted octanol–water partition coefficient (Wildman–Crippen LogP) is 2.71. The monoisotopic (exact) mass is 311 g/mol. The third kappa shape index (κ3) is 3.46. The van der Waals surface area contributed by atoms with Gasteiger partial charge in [-0.1, -0.05) is 0 Å². The molecule has 1 N–H and O–H groups in total. The van der Waals surface area contributed by atoms with Gasteiger partial charge in [-0.25, -0.2) is 4.98 Å². The third-order valence-electron chi connectivity index (χ3n) is 2.32. The van der Waals surface area contributed by atoms with E-state index in [2.05, 4.69) is 9.97 Å². The maximum absolute atomic E-state index is 12.5. The van der Waals surface area contributed by atoms with Crippen LogP contribution in [0.3, 0.4) is 0 Å². The van der Waals surface area contributed by atoms with Gasteiger partial charge in [0.25, 0.3) is 0 Å². The first-order chi connectivity index (χ1) is 8.90. The first-order valence-electron chi connectivity index (χ1n) is 5.24. The molecular weight excluding hydrogens is 303 g/mol. The van der Waals surface area contributed by atoms with Crippen molar-refractivity contribution in [2.75, 3.05) is 24.6 Å². The number of fused-ring (bicyclic) bond motifs is 1. The lowest BCUT2D eigenvalue weighted by molar-refractivity contribution is -0.119. The maximum Gasteiger partial charge on any atom is 0.405 e.